The van der Waals surface area contributed by atoms with E-state index in [4.69, 9.17) is 11.6 Å². The van der Waals surface area contributed by atoms with Gasteiger partial charge < -0.3 is 15.5 Å². The van der Waals surface area contributed by atoms with Crippen molar-refractivity contribution in [2.45, 2.75) is 44.6 Å². The third-order valence-electron chi connectivity index (χ3n) is 5.43. The van der Waals surface area contributed by atoms with Crippen LogP contribution >= 0.6 is 24.0 Å². The van der Waals surface area contributed by atoms with Crippen molar-refractivity contribution in [1.29, 1.82) is 0 Å². The largest absolute Gasteiger partial charge is 0.347 e. The highest BCUT2D eigenvalue weighted by Crippen LogP contribution is 2.26. The topological polar surface area (TPSA) is 61.4 Å². The Morgan fingerprint density at radius 1 is 1.22 bits per heavy atom. The van der Waals surface area contributed by atoms with Crippen molar-refractivity contribution in [3.8, 4) is 0 Å². The lowest BCUT2D eigenvalue weighted by molar-refractivity contribution is -0.135. The first kappa shape index (κ1) is 22.0. The number of nitrogens with one attached hydrogen (secondary N) is 2. The van der Waals surface area contributed by atoms with Gasteiger partial charge in [0.15, 0.2) is 0 Å². The second-order valence-corrected chi connectivity index (χ2v) is 7.78. The van der Waals surface area contributed by atoms with Crippen LogP contribution in [0.15, 0.2) is 24.3 Å². The molecular formula is C20H29Cl2N3O2. The molecule has 7 heteroatoms. The average Bonchev–Trinajstić information content (AvgIpc) is 2.67. The number of nitrogens with zero attached hydrogens (tertiary/aromatic N) is 1. The predicted octanol–water partition coefficient (Wildman–Crippen LogP) is 3.32. The summed E-state index contributed by atoms with van der Waals surface area (Å²) in [5.41, 5.74) is 1.02. The summed E-state index contributed by atoms with van der Waals surface area (Å²) in [6.07, 6.45) is 6.54. The van der Waals surface area contributed by atoms with Gasteiger partial charge in [-0.25, -0.2) is 0 Å². The molecule has 1 saturated heterocycles. The van der Waals surface area contributed by atoms with E-state index in [2.05, 4.69) is 10.6 Å². The molecule has 1 atom stereocenters. The van der Waals surface area contributed by atoms with Gasteiger partial charge in [0.25, 0.3) is 0 Å². The van der Waals surface area contributed by atoms with Crippen LogP contribution in [0.5, 0.6) is 0 Å². The zero-order chi connectivity index (χ0) is 18.4. The third kappa shape index (κ3) is 6.37. The van der Waals surface area contributed by atoms with Crippen LogP contribution in [0.4, 0.5) is 0 Å². The first-order valence-electron chi connectivity index (χ1n) is 9.66. The monoisotopic (exact) mass is 413 g/mol. The van der Waals surface area contributed by atoms with Crippen LogP contribution in [0.2, 0.25) is 5.02 Å². The smallest absolute Gasteiger partial charge is 0.242 e. The second kappa shape index (κ2) is 10.9. The Bertz CT molecular complexity index is 635. The van der Waals surface area contributed by atoms with Gasteiger partial charge in [-0.05, 0) is 36.5 Å². The average molecular weight is 414 g/mol. The van der Waals surface area contributed by atoms with Crippen molar-refractivity contribution in [2.24, 2.45) is 5.92 Å². The minimum atomic E-state index is -0.0507. The number of carbonyl (C=O) groups is 2. The van der Waals surface area contributed by atoms with E-state index in [-0.39, 0.29) is 36.8 Å². The lowest BCUT2D eigenvalue weighted by Gasteiger charge is -2.36. The summed E-state index contributed by atoms with van der Waals surface area (Å²) in [4.78, 5) is 26.7. The fraction of sp³-hybridized carbons (Fsp3) is 0.600. The van der Waals surface area contributed by atoms with Gasteiger partial charge in [0.05, 0.1) is 12.6 Å². The number of halogens is 2. The van der Waals surface area contributed by atoms with Gasteiger partial charge >= 0.3 is 0 Å². The molecule has 1 aliphatic heterocycles. The van der Waals surface area contributed by atoms with Gasteiger partial charge in [-0.2, -0.15) is 0 Å². The molecule has 1 saturated carbocycles. The Kier molecular flexibility index (Phi) is 8.87. The van der Waals surface area contributed by atoms with Gasteiger partial charge in [0.1, 0.15) is 0 Å². The maximum absolute atomic E-state index is 12.7. The number of hydrogen-bond acceptors (Lipinski definition) is 3. The minimum absolute atomic E-state index is 0. The highest BCUT2D eigenvalue weighted by molar-refractivity contribution is 6.30. The molecule has 2 N–H and O–H groups in total. The molecule has 3 rings (SSSR count). The van der Waals surface area contributed by atoms with Crippen molar-refractivity contribution < 1.29 is 9.59 Å². The van der Waals surface area contributed by atoms with Crippen molar-refractivity contribution in [1.82, 2.24) is 15.5 Å². The fourth-order valence-corrected chi connectivity index (χ4v) is 4.21. The number of carbonyl (C=O) groups excluding carboxylic acids is 2. The predicted molar refractivity (Wildman–Crippen MR) is 110 cm³/mol. The van der Waals surface area contributed by atoms with Crippen LogP contribution in [-0.2, 0) is 9.59 Å². The zero-order valence-corrected chi connectivity index (χ0v) is 17.2. The Hall–Kier alpha value is -1.30. The molecule has 2 aliphatic rings. The van der Waals surface area contributed by atoms with E-state index in [9.17, 15) is 9.59 Å². The normalized spacial score (nSPS) is 20.6. The standard InChI is InChI=1S/C20H28ClN3O2.ClH/c21-17-8-4-7-16(12-17)18-13-22-9-10-24(18)20(26)14-23-19(25)11-15-5-2-1-3-6-15;/h4,7-8,12,15,18,22H,1-3,5-6,9-11,13-14H2,(H,23,25);1H. The van der Waals surface area contributed by atoms with Gasteiger partial charge in [-0.15, -0.1) is 12.4 Å². The summed E-state index contributed by atoms with van der Waals surface area (Å²) in [6.45, 7) is 2.16. The first-order valence-corrected chi connectivity index (χ1v) is 10.0. The summed E-state index contributed by atoms with van der Waals surface area (Å²) < 4.78 is 0. The van der Waals surface area contributed by atoms with E-state index in [1.807, 2.05) is 29.2 Å². The van der Waals surface area contributed by atoms with E-state index < -0.39 is 0 Å². The molecule has 1 aromatic carbocycles. The fourth-order valence-electron chi connectivity index (χ4n) is 4.02. The lowest BCUT2D eigenvalue weighted by atomic mass is 9.87. The number of piperazine rings is 1. The quantitative estimate of drug-likeness (QED) is 0.777. The molecular weight excluding hydrogens is 385 g/mol. The van der Waals surface area contributed by atoms with Crippen molar-refractivity contribution in [3.05, 3.63) is 34.9 Å². The van der Waals surface area contributed by atoms with Crippen LogP contribution in [0.1, 0.15) is 50.1 Å². The van der Waals surface area contributed by atoms with Crippen LogP contribution < -0.4 is 10.6 Å². The highest BCUT2D eigenvalue weighted by Gasteiger charge is 2.28. The van der Waals surface area contributed by atoms with E-state index in [0.29, 0.717) is 30.5 Å². The molecule has 2 fully saturated rings. The Labute approximate surface area is 172 Å². The second-order valence-electron chi connectivity index (χ2n) is 7.35. The summed E-state index contributed by atoms with van der Waals surface area (Å²) in [6, 6.07) is 7.58. The molecule has 1 aromatic rings. The van der Waals surface area contributed by atoms with Crippen molar-refractivity contribution >= 4 is 35.8 Å². The molecule has 5 nitrogen and oxygen atoms in total. The SMILES string of the molecule is Cl.O=C(CC1CCCCC1)NCC(=O)N1CCNCC1c1cccc(Cl)c1. The third-order valence-corrected chi connectivity index (χ3v) is 5.67. The molecule has 0 spiro atoms. The molecule has 2 amide bonds. The highest BCUT2D eigenvalue weighted by atomic mass is 35.5. The van der Waals surface area contributed by atoms with Crippen LogP contribution in [0, 0.1) is 5.92 Å². The van der Waals surface area contributed by atoms with Crippen molar-refractivity contribution in [3.63, 3.8) is 0 Å². The number of rotatable bonds is 5. The Morgan fingerprint density at radius 3 is 2.74 bits per heavy atom. The molecule has 0 bridgehead atoms. The van der Waals surface area contributed by atoms with Gasteiger partial charge in [0.2, 0.25) is 11.8 Å². The molecule has 0 radical (unpaired) electrons. The Morgan fingerprint density at radius 2 is 2.00 bits per heavy atom. The molecule has 0 aromatic heterocycles. The van der Waals surface area contributed by atoms with Gasteiger partial charge in [0, 0.05) is 31.1 Å². The summed E-state index contributed by atoms with van der Waals surface area (Å²) in [5.74, 6) is 0.449. The maximum Gasteiger partial charge on any atom is 0.242 e. The van der Waals surface area contributed by atoms with Crippen molar-refractivity contribution in [2.75, 3.05) is 26.2 Å². The Balaban J connectivity index is 0.00000261. The lowest BCUT2D eigenvalue weighted by Crippen LogP contribution is -2.51. The van der Waals surface area contributed by atoms with E-state index in [1.54, 1.807) is 0 Å². The van der Waals surface area contributed by atoms with Gasteiger partial charge in [-0.1, -0.05) is 43.0 Å². The summed E-state index contributed by atoms with van der Waals surface area (Å²) in [7, 11) is 0. The molecule has 1 heterocycles. The summed E-state index contributed by atoms with van der Waals surface area (Å²) >= 11 is 6.11. The van der Waals surface area contributed by atoms with Crippen LogP contribution in [-0.4, -0.2) is 42.9 Å². The maximum atomic E-state index is 12.7. The van der Waals surface area contributed by atoms with Crippen LogP contribution in [0.3, 0.4) is 0 Å². The number of hydrogen-bond donors (Lipinski definition) is 2. The molecule has 150 valence electrons. The van der Waals surface area contributed by atoms with E-state index in [0.717, 1.165) is 24.9 Å². The molecule has 27 heavy (non-hydrogen) atoms. The minimum Gasteiger partial charge on any atom is -0.347 e. The first-order chi connectivity index (χ1) is 12.6. The zero-order valence-electron chi connectivity index (χ0n) is 15.6. The molecule has 1 unspecified atom stereocenters. The van der Waals surface area contributed by atoms with Crippen LogP contribution in [0.25, 0.3) is 0 Å². The van der Waals surface area contributed by atoms with E-state index in [1.165, 1.54) is 19.3 Å². The summed E-state index contributed by atoms with van der Waals surface area (Å²) in [5, 5.41) is 6.83. The van der Waals surface area contributed by atoms with Gasteiger partial charge in [-0.3, -0.25) is 9.59 Å². The number of amides is 2. The van der Waals surface area contributed by atoms with E-state index >= 15 is 0 Å². The molecule has 1 aliphatic carbocycles. The number of benzene rings is 1.